The fraction of sp³-hybridized carbons (Fsp3) is 0.812. The van der Waals surface area contributed by atoms with Crippen LogP contribution in [0, 0.1) is 16.7 Å². The fourth-order valence-corrected chi connectivity index (χ4v) is 6.54. The van der Waals surface area contributed by atoms with E-state index in [0.717, 1.165) is 39.1 Å². The molecule has 2 heterocycles. The van der Waals surface area contributed by atoms with Crippen molar-refractivity contribution in [1.29, 1.82) is 0 Å². The van der Waals surface area contributed by atoms with Gasteiger partial charge in [-0.3, -0.25) is 0 Å². The predicted molar refractivity (Wildman–Crippen MR) is 155 cm³/mol. The molecule has 0 bridgehead atoms. The average Bonchev–Trinajstić information content (AvgIpc) is 2.99. The number of nitrogens with zero attached hydrogens (tertiary/aromatic N) is 3. The van der Waals surface area contributed by atoms with Crippen LogP contribution in [-0.4, -0.2) is 80.3 Å². The van der Waals surface area contributed by atoms with E-state index in [1.165, 1.54) is 77.1 Å². The molecule has 0 aromatic carbocycles. The van der Waals surface area contributed by atoms with Crippen molar-refractivity contribution in [3.05, 3.63) is 35.6 Å². The second-order valence-corrected chi connectivity index (χ2v) is 12.9. The predicted octanol–water partition coefficient (Wildman–Crippen LogP) is 6.76. The molecule has 2 saturated heterocycles. The van der Waals surface area contributed by atoms with Crippen LogP contribution in [0.15, 0.2) is 35.6 Å². The third-order valence-electron chi connectivity index (χ3n) is 8.86. The Hall–Kier alpha value is -1.10. The lowest BCUT2D eigenvalue weighted by molar-refractivity contribution is 0.0525. The quantitative estimate of drug-likeness (QED) is 0.292. The molecule has 0 radical (unpaired) electrons. The molecule has 0 aromatic rings. The van der Waals surface area contributed by atoms with Crippen molar-refractivity contribution in [3.8, 4) is 0 Å². The van der Waals surface area contributed by atoms with E-state index in [4.69, 9.17) is 4.74 Å². The van der Waals surface area contributed by atoms with Gasteiger partial charge in [0.1, 0.15) is 0 Å². The van der Waals surface area contributed by atoms with Crippen molar-refractivity contribution in [2.24, 2.45) is 16.7 Å². The van der Waals surface area contributed by atoms with E-state index in [1.807, 2.05) is 0 Å². The standard InChI is InChI=1S/C32H57N3O/c1-7-15-33-17-19-34(20-18-33)16-11-9-10-12-30(35-21-23-36-24-22-35)25-28(3)29-13-14-31(4,5)27-32(6,8-2)26-29/h9-10,13,25,28H,7-8,11-12,14-24,26-27H2,1-6H3/b10-9-,30-25+. The van der Waals surface area contributed by atoms with Crippen molar-refractivity contribution in [2.75, 3.05) is 65.6 Å². The third kappa shape index (κ3) is 9.33. The summed E-state index contributed by atoms with van der Waals surface area (Å²) in [5, 5.41) is 0. The number of piperazine rings is 1. The van der Waals surface area contributed by atoms with Crippen LogP contribution in [0.2, 0.25) is 0 Å². The summed E-state index contributed by atoms with van der Waals surface area (Å²) in [4.78, 5) is 7.83. The molecule has 0 amide bonds. The normalized spacial score (nSPS) is 27.8. The van der Waals surface area contributed by atoms with Crippen molar-refractivity contribution >= 4 is 0 Å². The molecule has 0 saturated carbocycles. The van der Waals surface area contributed by atoms with Gasteiger partial charge in [-0.15, -0.1) is 0 Å². The maximum Gasteiger partial charge on any atom is 0.0642 e. The van der Waals surface area contributed by atoms with Gasteiger partial charge in [0.2, 0.25) is 0 Å². The highest BCUT2D eigenvalue weighted by Gasteiger charge is 2.34. The largest absolute Gasteiger partial charge is 0.378 e. The van der Waals surface area contributed by atoms with E-state index < -0.39 is 0 Å². The molecule has 3 aliphatic rings. The zero-order chi connectivity index (χ0) is 26.0. The smallest absolute Gasteiger partial charge is 0.0642 e. The first-order valence-electron chi connectivity index (χ1n) is 15.1. The van der Waals surface area contributed by atoms with Crippen molar-refractivity contribution < 1.29 is 4.74 Å². The van der Waals surface area contributed by atoms with Gasteiger partial charge in [-0.1, -0.05) is 77.8 Å². The second-order valence-electron chi connectivity index (χ2n) is 12.9. The molecule has 2 atom stereocenters. The molecule has 2 fully saturated rings. The minimum atomic E-state index is 0.397. The van der Waals surface area contributed by atoms with Gasteiger partial charge in [-0.2, -0.15) is 0 Å². The molecule has 4 nitrogen and oxygen atoms in total. The van der Waals surface area contributed by atoms with Crippen LogP contribution in [0.1, 0.15) is 86.5 Å². The lowest BCUT2D eigenvalue weighted by Crippen LogP contribution is -2.46. The van der Waals surface area contributed by atoms with Gasteiger partial charge in [0.25, 0.3) is 0 Å². The molecule has 0 aromatic heterocycles. The molecule has 36 heavy (non-hydrogen) atoms. The molecule has 4 heteroatoms. The van der Waals surface area contributed by atoms with E-state index in [9.17, 15) is 0 Å². The Morgan fingerprint density at radius 1 is 0.972 bits per heavy atom. The molecule has 1 aliphatic carbocycles. The first kappa shape index (κ1) is 29.5. The zero-order valence-electron chi connectivity index (χ0n) is 24.7. The van der Waals surface area contributed by atoms with Gasteiger partial charge in [0.05, 0.1) is 13.2 Å². The Morgan fingerprint density at radius 3 is 2.28 bits per heavy atom. The molecule has 206 valence electrons. The number of allylic oxidation sites excluding steroid dienone is 4. The summed E-state index contributed by atoms with van der Waals surface area (Å²) in [7, 11) is 0. The molecule has 0 spiro atoms. The van der Waals surface area contributed by atoms with Crippen LogP contribution in [0.25, 0.3) is 0 Å². The van der Waals surface area contributed by atoms with E-state index >= 15 is 0 Å². The SMILES string of the molecule is CCCN1CCN(CC/C=C\C/C(=C\C(C)C2=CCC(C)(C)CC(C)(CC)C2)N2CCOCC2)CC1. The van der Waals surface area contributed by atoms with Crippen molar-refractivity contribution in [1.82, 2.24) is 14.7 Å². The molecular weight excluding hydrogens is 442 g/mol. The van der Waals surface area contributed by atoms with Gasteiger partial charge < -0.3 is 19.4 Å². The Kier molecular flexibility index (Phi) is 11.6. The van der Waals surface area contributed by atoms with E-state index in [-0.39, 0.29) is 0 Å². The monoisotopic (exact) mass is 499 g/mol. The van der Waals surface area contributed by atoms with Crippen molar-refractivity contribution in [3.63, 3.8) is 0 Å². The molecular formula is C32H57N3O. The Morgan fingerprint density at radius 2 is 1.64 bits per heavy atom. The average molecular weight is 500 g/mol. The maximum absolute atomic E-state index is 5.68. The van der Waals surface area contributed by atoms with E-state index in [0.29, 0.717) is 16.7 Å². The minimum Gasteiger partial charge on any atom is -0.378 e. The highest BCUT2D eigenvalue weighted by molar-refractivity contribution is 5.21. The Bertz CT molecular complexity index is 740. The molecule has 2 unspecified atom stereocenters. The van der Waals surface area contributed by atoms with Crippen LogP contribution < -0.4 is 0 Å². The Balaban J connectivity index is 1.60. The molecule has 0 N–H and O–H groups in total. The summed E-state index contributed by atoms with van der Waals surface area (Å²) in [5.41, 5.74) is 3.96. The van der Waals surface area contributed by atoms with Crippen molar-refractivity contribution in [2.45, 2.75) is 86.5 Å². The summed E-state index contributed by atoms with van der Waals surface area (Å²) in [6, 6.07) is 0. The van der Waals surface area contributed by atoms with Gasteiger partial charge in [-0.05, 0) is 55.4 Å². The van der Waals surface area contributed by atoms with Gasteiger partial charge in [-0.25, -0.2) is 0 Å². The van der Waals surface area contributed by atoms with Gasteiger partial charge >= 0.3 is 0 Å². The summed E-state index contributed by atoms with van der Waals surface area (Å²) < 4.78 is 5.68. The van der Waals surface area contributed by atoms with Crippen LogP contribution in [-0.2, 0) is 4.74 Å². The summed E-state index contributed by atoms with van der Waals surface area (Å²) >= 11 is 0. The number of hydrogen-bond acceptors (Lipinski definition) is 4. The first-order valence-corrected chi connectivity index (χ1v) is 15.1. The lowest BCUT2D eigenvalue weighted by Gasteiger charge is -2.35. The fourth-order valence-electron chi connectivity index (χ4n) is 6.54. The molecule has 2 aliphatic heterocycles. The number of morpholine rings is 1. The topological polar surface area (TPSA) is 19.0 Å². The first-order chi connectivity index (χ1) is 17.2. The third-order valence-corrected chi connectivity index (χ3v) is 8.86. The summed E-state index contributed by atoms with van der Waals surface area (Å²) in [5.74, 6) is 0.496. The summed E-state index contributed by atoms with van der Waals surface area (Å²) in [6.45, 7) is 25.7. The Labute approximate surface area is 223 Å². The number of ether oxygens (including phenoxy) is 1. The minimum absolute atomic E-state index is 0.397. The van der Waals surface area contributed by atoms with Crippen LogP contribution in [0.5, 0.6) is 0 Å². The second kappa shape index (κ2) is 14.2. The van der Waals surface area contributed by atoms with Gasteiger partial charge in [0.15, 0.2) is 0 Å². The summed E-state index contributed by atoms with van der Waals surface area (Å²) in [6.07, 6.45) is 18.5. The highest BCUT2D eigenvalue weighted by Crippen LogP contribution is 2.47. The number of rotatable bonds is 11. The van der Waals surface area contributed by atoms with Crippen LogP contribution in [0.3, 0.4) is 0 Å². The lowest BCUT2D eigenvalue weighted by atomic mass is 9.70. The number of hydrogen-bond donors (Lipinski definition) is 0. The highest BCUT2D eigenvalue weighted by atomic mass is 16.5. The molecule has 3 rings (SSSR count). The van der Waals surface area contributed by atoms with Crippen LogP contribution in [0.4, 0.5) is 0 Å². The van der Waals surface area contributed by atoms with E-state index in [2.05, 4.69) is 80.5 Å². The zero-order valence-corrected chi connectivity index (χ0v) is 24.7. The van der Waals surface area contributed by atoms with Gasteiger partial charge in [0, 0.05) is 57.9 Å². The van der Waals surface area contributed by atoms with Crippen LogP contribution >= 0.6 is 0 Å². The van der Waals surface area contributed by atoms with E-state index in [1.54, 1.807) is 5.57 Å². The maximum atomic E-state index is 5.68.